The van der Waals surface area contributed by atoms with E-state index in [1.54, 1.807) is 0 Å². The molecule has 0 amide bonds. The fourth-order valence-electron chi connectivity index (χ4n) is 3.07. The fraction of sp³-hybridized carbons (Fsp3) is 0.917. The molecular formula is C12H18O. The van der Waals surface area contributed by atoms with Gasteiger partial charge in [0.25, 0.3) is 0 Å². The maximum Gasteiger partial charge on any atom is 0.136 e. The van der Waals surface area contributed by atoms with Gasteiger partial charge in [-0.1, -0.05) is 6.42 Å². The predicted molar refractivity (Wildman–Crippen MR) is 51.4 cm³/mol. The van der Waals surface area contributed by atoms with E-state index in [1.807, 2.05) is 0 Å². The first-order chi connectivity index (χ1) is 6.27. The summed E-state index contributed by atoms with van der Waals surface area (Å²) in [6.07, 6.45) is 10.3. The van der Waals surface area contributed by atoms with Gasteiger partial charge in [0.15, 0.2) is 0 Å². The van der Waals surface area contributed by atoms with Gasteiger partial charge in [-0.15, -0.1) is 0 Å². The molecule has 1 spiro atoms. The molecule has 0 heterocycles. The van der Waals surface area contributed by atoms with Gasteiger partial charge in [0.05, 0.1) is 0 Å². The van der Waals surface area contributed by atoms with Crippen LogP contribution in [0.4, 0.5) is 0 Å². The Hall–Kier alpha value is -0.330. The average Bonchev–Trinajstić information content (AvgIpc) is 2.64. The van der Waals surface area contributed by atoms with Crippen molar-refractivity contribution in [2.45, 2.75) is 51.4 Å². The van der Waals surface area contributed by atoms with Crippen molar-refractivity contribution >= 4 is 5.78 Å². The third-order valence-corrected chi connectivity index (χ3v) is 4.42. The van der Waals surface area contributed by atoms with Crippen molar-refractivity contribution in [2.75, 3.05) is 0 Å². The molecule has 0 bridgehead atoms. The van der Waals surface area contributed by atoms with Crippen LogP contribution in [0.3, 0.4) is 0 Å². The molecule has 1 nitrogen and oxygen atoms in total. The van der Waals surface area contributed by atoms with Gasteiger partial charge in [-0.25, -0.2) is 0 Å². The highest BCUT2D eigenvalue weighted by molar-refractivity contribution is 5.82. The van der Waals surface area contributed by atoms with Crippen molar-refractivity contribution in [3.05, 3.63) is 0 Å². The minimum Gasteiger partial charge on any atom is -0.299 e. The lowest BCUT2D eigenvalue weighted by Crippen LogP contribution is -2.45. The normalized spacial score (nSPS) is 31.1. The molecule has 0 aromatic carbocycles. The second kappa shape index (κ2) is 2.59. The van der Waals surface area contributed by atoms with Crippen LogP contribution in [0.5, 0.6) is 0 Å². The topological polar surface area (TPSA) is 17.1 Å². The number of ketones is 1. The number of hydrogen-bond donors (Lipinski definition) is 0. The second-order valence-corrected chi connectivity index (χ2v) is 5.57. The monoisotopic (exact) mass is 178 g/mol. The molecule has 0 saturated heterocycles. The summed E-state index contributed by atoms with van der Waals surface area (Å²) >= 11 is 0. The molecule has 3 aliphatic carbocycles. The van der Waals surface area contributed by atoms with E-state index in [1.165, 1.54) is 44.9 Å². The Morgan fingerprint density at radius 2 is 1.92 bits per heavy atom. The Morgan fingerprint density at radius 3 is 2.38 bits per heavy atom. The molecule has 3 aliphatic rings. The molecule has 72 valence electrons. The molecule has 0 aromatic heterocycles. The van der Waals surface area contributed by atoms with E-state index in [-0.39, 0.29) is 0 Å². The van der Waals surface area contributed by atoms with E-state index in [4.69, 9.17) is 0 Å². The zero-order valence-corrected chi connectivity index (χ0v) is 8.22. The first-order valence-electron chi connectivity index (χ1n) is 5.80. The summed E-state index contributed by atoms with van der Waals surface area (Å²) in [7, 11) is 0. The van der Waals surface area contributed by atoms with Crippen LogP contribution in [0.1, 0.15) is 51.4 Å². The highest BCUT2D eigenvalue weighted by Gasteiger charge is 2.50. The van der Waals surface area contributed by atoms with Crippen LogP contribution in [0, 0.1) is 17.3 Å². The molecule has 0 unspecified atom stereocenters. The first-order valence-corrected chi connectivity index (χ1v) is 5.80. The SMILES string of the molecule is O=C(CC1CC1)C1CC2(CCC2)C1. The zero-order chi connectivity index (χ0) is 8.89. The van der Waals surface area contributed by atoms with Crippen molar-refractivity contribution in [3.63, 3.8) is 0 Å². The summed E-state index contributed by atoms with van der Waals surface area (Å²) in [6, 6.07) is 0. The van der Waals surface area contributed by atoms with E-state index < -0.39 is 0 Å². The Kier molecular flexibility index (Phi) is 1.59. The molecule has 0 aliphatic heterocycles. The maximum atomic E-state index is 11.7. The van der Waals surface area contributed by atoms with Gasteiger partial charge < -0.3 is 0 Å². The van der Waals surface area contributed by atoms with Gasteiger partial charge in [-0.3, -0.25) is 4.79 Å². The largest absolute Gasteiger partial charge is 0.299 e. The summed E-state index contributed by atoms with van der Waals surface area (Å²) < 4.78 is 0. The minimum absolute atomic E-state index is 0.487. The fourth-order valence-corrected chi connectivity index (χ4v) is 3.07. The third-order valence-electron chi connectivity index (χ3n) is 4.42. The lowest BCUT2D eigenvalue weighted by Gasteiger charge is -2.53. The van der Waals surface area contributed by atoms with Crippen molar-refractivity contribution in [1.29, 1.82) is 0 Å². The van der Waals surface area contributed by atoms with Crippen molar-refractivity contribution in [3.8, 4) is 0 Å². The van der Waals surface area contributed by atoms with Gasteiger partial charge in [0.1, 0.15) is 5.78 Å². The second-order valence-electron chi connectivity index (χ2n) is 5.57. The van der Waals surface area contributed by atoms with Gasteiger partial charge in [0.2, 0.25) is 0 Å². The lowest BCUT2D eigenvalue weighted by molar-refractivity contribution is -0.134. The quantitative estimate of drug-likeness (QED) is 0.649. The van der Waals surface area contributed by atoms with Crippen molar-refractivity contribution in [2.24, 2.45) is 17.3 Å². The van der Waals surface area contributed by atoms with Crippen LogP contribution in [-0.2, 0) is 4.79 Å². The van der Waals surface area contributed by atoms with Crippen LogP contribution in [0.2, 0.25) is 0 Å². The number of carbonyl (C=O) groups is 1. The zero-order valence-electron chi connectivity index (χ0n) is 8.22. The summed E-state index contributed by atoms with van der Waals surface area (Å²) in [4.78, 5) is 11.7. The lowest BCUT2D eigenvalue weighted by atomic mass is 9.51. The Balaban J connectivity index is 1.48. The summed E-state index contributed by atoms with van der Waals surface area (Å²) in [5.41, 5.74) is 0.684. The van der Waals surface area contributed by atoms with E-state index in [2.05, 4.69) is 0 Å². The van der Waals surface area contributed by atoms with Crippen LogP contribution >= 0.6 is 0 Å². The maximum absolute atomic E-state index is 11.7. The summed E-state index contributed by atoms with van der Waals surface area (Å²) in [5.74, 6) is 1.88. The summed E-state index contributed by atoms with van der Waals surface area (Å²) in [6.45, 7) is 0. The van der Waals surface area contributed by atoms with Crippen LogP contribution < -0.4 is 0 Å². The molecule has 3 rings (SSSR count). The minimum atomic E-state index is 0.487. The van der Waals surface area contributed by atoms with Crippen molar-refractivity contribution in [1.82, 2.24) is 0 Å². The molecule has 3 saturated carbocycles. The molecule has 1 heteroatoms. The standard InChI is InChI=1S/C12H18O/c13-11(6-9-2-3-9)10-7-12(8-10)4-1-5-12/h9-10H,1-8H2. The summed E-state index contributed by atoms with van der Waals surface area (Å²) in [5, 5.41) is 0. The van der Waals surface area contributed by atoms with Crippen LogP contribution in [0.15, 0.2) is 0 Å². The smallest absolute Gasteiger partial charge is 0.136 e. The average molecular weight is 178 g/mol. The molecule has 0 aromatic rings. The highest BCUT2D eigenvalue weighted by atomic mass is 16.1. The van der Waals surface area contributed by atoms with E-state index >= 15 is 0 Å². The number of Topliss-reactive ketones (excluding diaryl/α,β-unsaturated/α-hetero) is 1. The van der Waals surface area contributed by atoms with Gasteiger partial charge in [-0.05, 0) is 49.9 Å². The third kappa shape index (κ3) is 1.33. The van der Waals surface area contributed by atoms with E-state index in [0.717, 1.165) is 12.3 Å². The van der Waals surface area contributed by atoms with Crippen LogP contribution in [0.25, 0.3) is 0 Å². The van der Waals surface area contributed by atoms with Gasteiger partial charge in [-0.2, -0.15) is 0 Å². The van der Waals surface area contributed by atoms with Gasteiger partial charge >= 0.3 is 0 Å². The van der Waals surface area contributed by atoms with Crippen LogP contribution in [-0.4, -0.2) is 5.78 Å². The Labute approximate surface area is 79.9 Å². The molecule has 3 fully saturated rings. The molecule has 0 atom stereocenters. The van der Waals surface area contributed by atoms with Gasteiger partial charge in [0, 0.05) is 12.3 Å². The van der Waals surface area contributed by atoms with Crippen molar-refractivity contribution < 1.29 is 4.79 Å². The number of hydrogen-bond acceptors (Lipinski definition) is 1. The molecular weight excluding hydrogens is 160 g/mol. The highest BCUT2D eigenvalue weighted by Crippen LogP contribution is 2.59. The molecule has 0 N–H and O–H groups in total. The Bertz CT molecular complexity index is 228. The Morgan fingerprint density at radius 1 is 1.23 bits per heavy atom. The predicted octanol–water partition coefficient (Wildman–Crippen LogP) is 2.94. The first kappa shape index (κ1) is 8.02. The number of rotatable bonds is 3. The van der Waals surface area contributed by atoms with E-state index in [9.17, 15) is 4.79 Å². The molecule has 0 radical (unpaired) electrons. The van der Waals surface area contributed by atoms with E-state index in [0.29, 0.717) is 17.1 Å². The number of carbonyl (C=O) groups excluding carboxylic acids is 1. The molecule has 13 heavy (non-hydrogen) atoms.